The van der Waals surface area contributed by atoms with Crippen molar-refractivity contribution in [2.24, 2.45) is 0 Å². The highest BCUT2D eigenvalue weighted by molar-refractivity contribution is 9.10. The topological polar surface area (TPSA) is 46.2 Å². The fourth-order valence-electron chi connectivity index (χ4n) is 1.66. The Morgan fingerprint density at radius 3 is 2.06 bits per heavy atom. The summed E-state index contributed by atoms with van der Waals surface area (Å²) in [4.78, 5) is 23.3. The van der Waals surface area contributed by atoms with Crippen molar-refractivity contribution in [3.05, 3.63) is 34.3 Å². The summed E-state index contributed by atoms with van der Waals surface area (Å²) in [5.41, 5.74) is -0.454. The number of Topliss-reactive ketones (excluding diaryl/α,β-unsaturated/α-hetero) is 2. The van der Waals surface area contributed by atoms with Gasteiger partial charge in [-0.3, -0.25) is 9.59 Å². The lowest BCUT2D eigenvalue weighted by atomic mass is 9.82. The van der Waals surface area contributed by atoms with Crippen molar-refractivity contribution >= 4 is 35.5 Å². The van der Waals surface area contributed by atoms with Crippen molar-refractivity contribution in [2.45, 2.75) is 25.8 Å². The van der Waals surface area contributed by atoms with Crippen LogP contribution in [0.25, 0.3) is 0 Å². The molecule has 1 rings (SSSR count). The van der Waals surface area contributed by atoms with Crippen LogP contribution in [0.15, 0.2) is 28.7 Å². The van der Waals surface area contributed by atoms with Crippen LogP contribution in [0.1, 0.15) is 19.4 Å². The molecule has 0 amide bonds. The van der Waals surface area contributed by atoms with Crippen molar-refractivity contribution < 1.29 is 9.59 Å². The van der Waals surface area contributed by atoms with Crippen molar-refractivity contribution in [2.75, 3.05) is 0 Å². The van der Waals surface area contributed by atoms with Gasteiger partial charge in [0.15, 0.2) is 19.5 Å². The number of rotatable bonds is 5. The first-order valence-electron chi connectivity index (χ1n) is 5.16. The maximum absolute atomic E-state index is 11.6. The second kappa shape index (κ2) is 5.60. The molecule has 0 saturated carbocycles. The number of hydrogen-bond donors (Lipinski definition) is 1. The highest BCUT2D eigenvalue weighted by Gasteiger charge is 2.38. The summed E-state index contributed by atoms with van der Waals surface area (Å²) in [6, 6.07) is 7.41. The molecule has 88 valence electrons. The predicted molar refractivity (Wildman–Crippen MR) is 70.8 cm³/mol. The van der Waals surface area contributed by atoms with Crippen LogP contribution in [0.5, 0.6) is 0 Å². The van der Waals surface area contributed by atoms with E-state index >= 15 is 0 Å². The van der Waals surface area contributed by atoms with E-state index < -0.39 is 5.54 Å². The van der Waals surface area contributed by atoms with Crippen LogP contribution < -0.4 is 5.23 Å². The third-order valence-corrected chi connectivity index (χ3v) is 3.36. The summed E-state index contributed by atoms with van der Waals surface area (Å²) in [5, 5.41) is 2.37. The standard InChI is InChI=1S/C12H13BBrNO2/c1-8(16)12(15-13,9(2)17)7-10-3-5-11(14)6-4-10/h3-6,15H,7H2,1-2H3. The van der Waals surface area contributed by atoms with Gasteiger partial charge in [-0.2, -0.15) is 0 Å². The fourth-order valence-corrected chi connectivity index (χ4v) is 1.92. The Balaban J connectivity index is 3.06. The first-order valence-corrected chi connectivity index (χ1v) is 5.96. The molecule has 1 N–H and O–H groups in total. The van der Waals surface area contributed by atoms with Gasteiger partial charge in [-0.05, 0) is 31.5 Å². The second-order valence-corrected chi connectivity index (χ2v) is 4.88. The van der Waals surface area contributed by atoms with Gasteiger partial charge in [0, 0.05) is 10.9 Å². The molecule has 0 saturated heterocycles. The Labute approximate surface area is 111 Å². The van der Waals surface area contributed by atoms with Crippen molar-refractivity contribution in [1.82, 2.24) is 5.23 Å². The van der Waals surface area contributed by atoms with E-state index in [2.05, 4.69) is 21.2 Å². The number of benzene rings is 1. The average Bonchev–Trinajstić information content (AvgIpc) is 2.27. The van der Waals surface area contributed by atoms with Crippen molar-refractivity contribution in [3.8, 4) is 0 Å². The molecule has 0 spiro atoms. The lowest BCUT2D eigenvalue weighted by Crippen LogP contribution is -2.57. The van der Waals surface area contributed by atoms with Gasteiger partial charge in [0.1, 0.15) is 5.54 Å². The molecule has 0 aliphatic rings. The minimum atomic E-state index is -1.33. The van der Waals surface area contributed by atoms with E-state index in [0.717, 1.165) is 10.0 Å². The van der Waals surface area contributed by atoms with Gasteiger partial charge in [0.05, 0.1) is 0 Å². The van der Waals surface area contributed by atoms with Gasteiger partial charge in [-0.15, -0.1) is 0 Å². The Morgan fingerprint density at radius 2 is 1.71 bits per heavy atom. The van der Waals surface area contributed by atoms with E-state index in [1.807, 2.05) is 24.3 Å². The summed E-state index contributed by atoms with van der Waals surface area (Å²) in [6.45, 7) is 2.72. The van der Waals surface area contributed by atoms with Crippen LogP contribution >= 0.6 is 15.9 Å². The number of carbonyl (C=O) groups is 2. The maximum Gasteiger partial charge on any atom is 0.179 e. The molecule has 17 heavy (non-hydrogen) atoms. The highest BCUT2D eigenvalue weighted by atomic mass is 79.9. The largest absolute Gasteiger partial charge is 0.349 e. The van der Waals surface area contributed by atoms with E-state index in [1.54, 1.807) is 0 Å². The van der Waals surface area contributed by atoms with Crippen molar-refractivity contribution in [1.29, 1.82) is 0 Å². The SMILES string of the molecule is [B]NC(Cc1ccc(Br)cc1)(C(C)=O)C(C)=O. The van der Waals surface area contributed by atoms with Gasteiger partial charge in [-0.1, -0.05) is 28.1 Å². The van der Waals surface area contributed by atoms with Crippen LogP contribution in [-0.4, -0.2) is 25.1 Å². The fraction of sp³-hybridized carbons (Fsp3) is 0.333. The molecule has 0 bridgehead atoms. The summed E-state index contributed by atoms with van der Waals surface area (Å²) >= 11 is 3.33. The molecule has 0 unspecified atom stereocenters. The zero-order valence-electron chi connectivity index (χ0n) is 9.79. The summed E-state index contributed by atoms with van der Waals surface area (Å²) in [5.74, 6) is -0.564. The lowest BCUT2D eigenvalue weighted by molar-refractivity contribution is -0.133. The van der Waals surface area contributed by atoms with E-state index in [4.69, 9.17) is 7.98 Å². The molecule has 1 aromatic carbocycles. The Morgan fingerprint density at radius 1 is 1.24 bits per heavy atom. The summed E-state index contributed by atoms with van der Waals surface area (Å²) in [6.07, 6.45) is 0.251. The highest BCUT2D eigenvalue weighted by Crippen LogP contribution is 2.18. The van der Waals surface area contributed by atoms with Gasteiger partial charge >= 0.3 is 0 Å². The van der Waals surface area contributed by atoms with Gasteiger partial charge in [0.25, 0.3) is 0 Å². The first-order chi connectivity index (χ1) is 7.92. The Hall–Kier alpha value is -0.935. The molecule has 0 heterocycles. The average molecular weight is 294 g/mol. The third kappa shape index (κ3) is 3.04. The molecule has 0 fully saturated rings. The molecular formula is C12H13BBrNO2. The van der Waals surface area contributed by atoms with Crippen LogP contribution in [0.2, 0.25) is 0 Å². The Kier molecular flexibility index (Phi) is 4.66. The van der Waals surface area contributed by atoms with Gasteiger partial charge in [-0.25, -0.2) is 0 Å². The zero-order valence-corrected chi connectivity index (χ0v) is 11.4. The molecule has 0 aliphatic heterocycles. The molecule has 3 nitrogen and oxygen atoms in total. The molecule has 2 radical (unpaired) electrons. The predicted octanol–water partition coefficient (Wildman–Crippen LogP) is 1.58. The normalized spacial score (nSPS) is 11.2. The van der Waals surface area contributed by atoms with Crippen LogP contribution in [-0.2, 0) is 16.0 Å². The number of halogens is 1. The van der Waals surface area contributed by atoms with Gasteiger partial charge in [0.2, 0.25) is 0 Å². The van der Waals surface area contributed by atoms with E-state index in [9.17, 15) is 9.59 Å². The number of ketones is 2. The minimum Gasteiger partial charge on any atom is -0.349 e. The maximum atomic E-state index is 11.6. The molecule has 0 aliphatic carbocycles. The molecule has 5 heteroatoms. The summed E-state index contributed by atoms with van der Waals surface area (Å²) in [7, 11) is 5.39. The first kappa shape index (κ1) is 14.1. The lowest BCUT2D eigenvalue weighted by Gasteiger charge is -2.28. The van der Waals surface area contributed by atoms with Crippen LogP contribution in [0.4, 0.5) is 0 Å². The van der Waals surface area contributed by atoms with E-state index in [0.29, 0.717) is 0 Å². The van der Waals surface area contributed by atoms with Crippen LogP contribution in [0.3, 0.4) is 0 Å². The van der Waals surface area contributed by atoms with E-state index in [-0.39, 0.29) is 18.0 Å². The quantitative estimate of drug-likeness (QED) is 0.662. The molecular weight excluding hydrogens is 281 g/mol. The number of carbonyl (C=O) groups excluding carboxylic acids is 2. The van der Waals surface area contributed by atoms with Crippen LogP contribution in [0, 0.1) is 0 Å². The molecule has 0 aromatic heterocycles. The second-order valence-electron chi connectivity index (χ2n) is 3.97. The summed E-state index contributed by atoms with van der Waals surface area (Å²) < 4.78 is 0.943. The van der Waals surface area contributed by atoms with E-state index in [1.165, 1.54) is 13.8 Å². The van der Waals surface area contributed by atoms with Gasteiger partial charge < -0.3 is 5.23 Å². The number of hydrogen-bond acceptors (Lipinski definition) is 3. The zero-order chi connectivity index (χ0) is 13.1. The van der Waals surface area contributed by atoms with Crippen molar-refractivity contribution in [3.63, 3.8) is 0 Å². The monoisotopic (exact) mass is 293 g/mol. The third-order valence-electron chi connectivity index (χ3n) is 2.83. The molecule has 1 aromatic rings. The Bertz CT molecular complexity index is 417. The molecule has 0 atom stereocenters. The minimum absolute atomic E-state index is 0.251. The smallest absolute Gasteiger partial charge is 0.179 e. The number of nitrogens with one attached hydrogen (secondary N) is 1.